The van der Waals surface area contributed by atoms with E-state index in [1.165, 1.54) is 24.6 Å². The fourth-order valence-corrected chi connectivity index (χ4v) is 3.15. The lowest BCUT2D eigenvalue weighted by Crippen LogP contribution is -2.07. The number of hydrogen-bond donors (Lipinski definition) is 5. The van der Waals surface area contributed by atoms with Crippen molar-refractivity contribution in [2.75, 3.05) is 32.6 Å². The number of amides is 2. The van der Waals surface area contributed by atoms with E-state index >= 15 is 0 Å². The van der Waals surface area contributed by atoms with Crippen LogP contribution in [0.15, 0.2) is 18.2 Å². The van der Waals surface area contributed by atoms with Gasteiger partial charge in [-0.1, -0.05) is 0 Å². The minimum Gasteiger partial charge on any atom is -0.396 e. The summed E-state index contributed by atoms with van der Waals surface area (Å²) in [5.41, 5.74) is 4.27. The summed E-state index contributed by atoms with van der Waals surface area (Å²) in [4.78, 5) is 35.2. The Kier molecular flexibility index (Phi) is 12.4. The molecule has 2 amide bonds. The number of carbonyl (C=O) groups is 3. The zero-order chi connectivity index (χ0) is 24.8. The predicted octanol–water partition coefficient (Wildman–Crippen LogP) is 2.81. The summed E-state index contributed by atoms with van der Waals surface area (Å²) in [7, 11) is 3.51. The van der Waals surface area contributed by atoms with Gasteiger partial charge in [0.05, 0.1) is 5.57 Å². The number of anilines is 1. The molecule has 1 aliphatic heterocycles. The topological polar surface area (TPSA) is 123 Å². The molecule has 0 bridgehead atoms. The second-order valence-electron chi connectivity index (χ2n) is 7.32. The SMILES string of the molecule is CNC=O.CNCCCCCO.Cc1[nH]c(/C=C2\C(=O)Nc3ccc(F)cc32)c(C)c1C=O. The van der Waals surface area contributed by atoms with Crippen LogP contribution in [0, 0.1) is 19.7 Å². The van der Waals surface area contributed by atoms with Gasteiger partial charge in [-0.15, -0.1) is 0 Å². The maximum absolute atomic E-state index is 13.4. The number of aliphatic hydroxyl groups is 1. The van der Waals surface area contributed by atoms with E-state index in [-0.39, 0.29) is 5.91 Å². The molecule has 0 spiro atoms. The first-order valence-corrected chi connectivity index (χ1v) is 10.7. The van der Waals surface area contributed by atoms with Gasteiger partial charge in [0.25, 0.3) is 5.91 Å². The highest BCUT2D eigenvalue weighted by Gasteiger charge is 2.25. The highest BCUT2D eigenvalue weighted by atomic mass is 19.1. The molecule has 2 heterocycles. The summed E-state index contributed by atoms with van der Waals surface area (Å²) in [6.07, 6.45) is 6.32. The van der Waals surface area contributed by atoms with Crippen LogP contribution >= 0.6 is 0 Å². The van der Waals surface area contributed by atoms with Crippen LogP contribution in [-0.2, 0) is 9.59 Å². The van der Waals surface area contributed by atoms with Gasteiger partial charge in [-0.05, 0) is 76.5 Å². The standard InChI is InChI=1S/C16H13FN2O2.C6H15NO.C2H5NO/c1-8-13(7-20)9(2)18-15(8)6-12-11-5-10(17)3-4-14(11)19-16(12)21;1-7-5-3-2-4-6-8;1-3-2-4/h3-7,18H,1-2H3,(H,19,21);7-8H,2-6H2,1H3;2H,1H3,(H,3,4)/b12-6-;;. The number of nitrogens with one attached hydrogen (secondary N) is 4. The Morgan fingerprint density at radius 1 is 1.12 bits per heavy atom. The van der Waals surface area contributed by atoms with Gasteiger partial charge in [0, 0.05) is 41.9 Å². The summed E-state index contributed by atoms with van der Waals surface area (Å²) in [5, 5.41) is 16.3. The van der Waals surface area contributed by atoms with E-state index < -0.39 is 5.82 Å². The molecule has 33 heavy (non-hydrogen) atoms. The van der Waals surface area contributed by atoms with E-state index in [0.29, 0.717) is 41.1 Å². The van der Waals surface area contributed by atoms with Crippen LogP contribution in [0.3, 0.4) is 0 Å². The van der Waals surface area contributed by atoms with E-state index in [2.05, 4.69) is 20.9 Å². The lowest BCUT2D eigenvalue weighted by Gasteiger charge is -1.99. The van der Waals surface area contributed by atoms with E-state index in [4.69, 9.17) is 9.90 Å². The maximum Gasteiger partial charge on any atom is 0.256 e. The average molecular weight is 461 g/mol. The maximum atomic E-state index is 13.4. The van der Waals surface area contributed by atoms with Crippen LogP contribution in [0.25, 0.3) is 11.6 Å². The molecule has 180 valence electrons. The quantitative estimate of drug-likeness (QED) is 0.235. The number of H-pyrrole nitrogens is 1. The van der Waals surface area contributed by atoms with E-state index in [1.54, 1.807) is 27.0 Å². The lowest BCUT2D eigenvalue weighted by molar-refractivity contribution is -0.111. The van der Waals surface area contributed by atoms with Gasteiger partial charge < -0.3 is 26.0 Å². The molecule has 0 aliphatic carbocycles. The van der Waals surface area contributed by atoms with Crippen molar-refractivity contribution in [1.29, 1.82) is 0 Å². The number of halogens is 1. The Bertz CT molecular complexity index is 964. The van der Waals surface area contributed by atoms with E-state index in [9.17, 15) is 14.0 Å². The molecular weight excluding hydrogens is 427 g/mol. The zero-order valence-corrected chi connectivity index (χ0v) is 19.5. The molecular formula is C24H33FN4O4. The van der Waals surface area contributed by atoms with Crippen molar-refractivity contribution in [3.05, 3.63) is 52.1 Å². The molecule has 0 radical (unpaired) electrons. The Labute approximate surface area is 193 Å². The molecule has 5 N–H and O–H groups in total. The number of unbranched alkanes of at least 4 members (excludes halogenated alkanes) is 2. The van der Waals surface area contributed by atoms with Crippen molar-refractivity contribution < 1.29 is 23.9 Å². The first kappa shape index (κ1) is 27.7. The first-order valence-electron chi connectivity index (χ1n) is 10.7. The number of carbonyl (C=O) groups excluding carboxylic acids is 3. The third-order valence-electron chi connectivity index (χ3n) is 4.91. The third-order valence-corrected chi connectivity index (χ3v) is 4.91. The molecule has 1 aromatic heterocycles. The molecule has 9 heteroatoms. The summed E-state index contributed by atoms with van der Waals surface area (Å²) in [5.74, 6) is -0.681. The van der Waals surface area contributed by atoms with Crippen LogP contribution in [0.1, 0.15) is 52.1 Å². The smallest absolute Gasteiger partial charge is 0.256 e. The van der Waals surface area contributed by atoms with Gasteiger partial charge >= 0.3 is 0 Å². The second kappa shape index (κ2) is 14.7. The van der Waals surface area contributed by atoms with Crippen LogP contribution in [0.5, 0.6) is 0 Å². The predicted molar refractivity (Wildman–Crippen MR) is 129 cm³/mol. The van der Waals surface area contributed by atoms with Gasteiger partial charge in [-0.3, -0.25) is 14.4 Å². The number of rotatable bonds is 8. The number of fused-ring (bicyclic) bond motifs is 1. The molecule has 0 saturated carbocycles. The normalized spacial score (nSPS) is 12.7. The number of hydrogen-bond acceptors (Lipinski definition) is 5. The average Bonchev–Trinajstić information content (AvgIpc) is 3.26. The summed E-state index contributed by atoms with van der Waals surface area (Å²) < 4.78 is 13.4. The Hall–Kier alpha value is -3.30. The summed E-state index contributed by atoms with van der Waals surface area (Å²) >= 11 is 0. The monoisotopic (exact) mass is 460 g/mol. The molecule has 0 saturated heterocycles. The van der Waals surface area contributed by atoms with E-state index in [1.807, 2.05) is 7.05 Å². The van der Waals surface area contributed by atoms with Crippen molar-refractivity contribution in [1.82, 2.24) is 15.6 Å². The summed E-state index contributed by atoms with van der Waals surface area (Å²) in [6, 6.07) is 4.16. The number of aldehydes is 1. The number of aliphatic hydroxyl groups excluding tert-OH is 1. The largest absolute Gasteiger partial charge is 0.396 e. The molecule has 0 fully saturated rings. The Balaban J connectivity index is 0.000000380. The zero-order valence-electron chi connectivity index (χ0n) is 19.5. The van der Waals surface area contributed by atoms with Gasteiger partial charge in [-0.2, -0.15) is 0 Å². The number of aryl methyl sites for hydroxylation is 1. The van der Waals surface area contributed by atoms with Crippen molar-refractivity contribution in [2.45, 2.75) is 33.1 Å². The van der Waals surface area contributed by atoms with Crippen LogP contribution in [-0.4, -0.2) is 55.9 Å². The highest BCUT2D eigenvalue weighted by Crippen LogP contribution is 2.34. The van der Waals surface area contributed by atoms with Crippen LogP contribution < -0.4 is 16.0 Å². The Morgan fingerprint density at radius 3 is 2.36 bits per heavy atom. The van der Waals surface area contributed by atoms with Gasteiger partial charge in [0.1, 0.15) is 5.82 Å². The molecule has 1 aliphatic rings. The van der Waals surface area contributed by atoms with Gasteiger partial charge in [-0.25, -0.2) is 4.39 Å². The molecule has 0 unspecified atom stereocenters. The molecule has 0 atom stereocenters. The van der Waals surface area contributed by atoms with E-state index in [0.717, 1.165) is 36.9 Å². The van der Waals surface area contributed by atoms with Crippen molar-refractivity contribution in [2.24, 2.45) is 0 Å². The minimum atomic E-state index is -0.399. The summed E-state index contributed by atoms with van der Waals surface area (Å²) in [6.45, 7) is 5.00. The fraction of sp³-hybridized carbons (Fsp3) is 0.375. The second-order valence-corrected chi connectivity index (χ2v) is 7.32. The van der Waals surface area contributed by atoms with Gasteiger partial charge in [0.2, 0.25) is 6.41 Å². The number of aromatic amines is 1. The van der Waals surface area contributed by atoms with Gasteiger partial charge in [0.15, 0.2) is 6.29 Å². The molecule has 8 nitrogen and oxygen atoms in total. The van der Waals surface area contributed by atoms with Crippen LogP contribution in [0.2, 0.25) is 0 Å². The molecule has 3 rings (SSSR count). The van der Waals surface area contributed by atoms with Crippen molar-refractivity contribution >= 4 is 35.9 Å². The highest BCUT2D eigenvalue weighted by molar-refractivity contribution is 6.34. The minimum absolute atomic E-state index is 0.282. The third kappa shape index (κ3) is 8.28. The van der Waals surface area contributed by atoms with Crippen LogP contribution in [0.4, 0.5) is 10.1 Å². The number of benzene rings is 1. The molecule has 2 aromatic rings. The Morgan fingerprint density at radius 2 is 1.82 bits per heavy atom. The first-order chi connectivity index (χ1) is 15.8. The lowest BCUT2D eigenvalue weighted by atomic mass is 10.0. The van der Waals surface area contributed by atoms with Crippen molar-refractivity contribution in [3.63, 3.8) is 0 Å². The molecule has 1 aromatic carbocycles. The number of aromatic nitrogens is 1. The fourth-order valence-electron chi connectivity index (χ4n) is 3.15. The van der Waals surface area contributed by atoms with Crippen molar-refractivity contribution in [3.8, 4) is 0 Å².